The normalized spacial score (nSPS) is 21.3. The second-order valence-corrected chi connectivity index (χ2v) is 9.27. The van der Waals surface area contributed by atoms with Crippen molar-refractivity contribution in [3.63, 3.8) is 0 Å². The first-order valence-corrected chi connectivity index (χ1v) is 11.2. The zero-order valence-corrected chi connectivity index (χ0v) is 19.8. The van der Waals surface area contributed by atoms with Crippen LogP contribution < -0.4 is 5.56 Å². The number of carbonyl (C=O) groups excluding carboxylic acids is 1. The van der Waals surface area contributed by atoms with E-state index in [0.717, 1.165) is 23.8 Å². The van der Waals surface area contributed by atoms with Gasteiger partial charge in [-0.1, -0.05) is 32.9 Å². The number of aromatic nitrogens is 1. The Labute approximate surface area is 189 Å². The summed E-state index contributed by atoms with van der Waals surface area (Å²) >= 11 is 0. The number of rotatable bonds is 5. The van der Waals surface area contributed by atoms with E-state index in [4.69, 9.17) is 4.74 Å². The van der Waals surface area contributed by atoms with E-state index in [1.807, 2.05) is 0 Å². The van der Waals surface area contributed by atoms with Crippen LogP contribution in [0.15, 0.2) is 39.3 Å². The Kier molecular flexibility index (Phi) is 7.16. The molecule has 1 aliphatic carbocycles. The third-order valence-corrected chi connectivity index (χ3v) is 6.67. The molecule has 7 nitrogen and oxygen atoms in total. The van der Waals surface area contributed by atoms with Gasteiger partial charge in [-0.2, -0.15) is 0 Å². The van der Waals surface area contributed by atoms with Gasteiger partial charge in [0.25, 0.3) is 5.56 Å². The summed E-state index contributed by atoms with van der Waals surface area (Å²) in [5, 5.41) is 18.4. The van der Waals surface area contributed by atoms with E-state index in [1.54, 1.807) is 38.1 Å². The van der Waals surface area contributed by atoms with Crippen molar-refractivity contribution in [2.45, 2.75) is 60.0 Å². The van der Waals surface area contributed by atoms with Crippen LogP contribution in [0.25, 0.3) is 0 Å². The molecule has 1 aromatic heterocycles. The van der Waals surface area contributed by atoms with Crippen LogP contribution in [-0.4, -0.2) is 21.7 Å². The zero-order chi connectivity index (χ0) is 23.6. The monoisotopic (exact) mass is 439 g/mol. The van der Waals surface area contributed by atoms with Crippen molar-refractivity contribution in [1.29, 1.82) is 0 Å². The van der Waals surface area contributed by atoms with Gasteiger partial charge in [-0.3, -0.25) is 9.36 Å². The zero-order valence-electron chi connectivity index (χ0n) is 19.8. The first kappa shape index (κ1) is 23.7. The lowest BCUT2D eigenvalue weighted by Crippen LogP contribution is -2.35. The molecule has 2 aromatic rings. The average Bonchev–Trinajstić information content (AvgIpc) is 2.77. The molecular weight excluding hydrogens is 406 g/mol. The number of benzene rings is 1. The van der Waals surface area contributed by atoms with Crippen LogP contribution in [0.5, 0.6) is 5.88 Å². The Morgan fingerprint density at radius 3 is 2.53 bits per heavy atom. The molecule has 1 N–H and O–H groups in total. The molecule has 7 heteroatoms. The predicted molar refractivity (Wildman–Crippen MR) is 124 cm³/mol. The number of azo groups is 1. The lowest BCUT2D eigenvalue weighted by molar-refractivity contribution is -0.0160. The molecule has 3 rings (SSSR count). The Balaban J connectivity index is 1.89. The van der Waals surface area contributed by atoms with E-state index < -0.39 is 11.5 Å². The van der Waals surface area contributed by atoms with E-state index in [1.165, 1.54) is 7.05 Å². The second kappa shape index (κ2) is 9.67. The third kappa shape index (κ3) is 4.76. The molecule has 172 valence electrons. The molecule has 3 unspecified atom stereocenters. The van der Waals surface area contributed by atoms with Crippen LogP contribution >= 0.6 is 0 Å². The fourth-order valence-electron chi connectivity index (χ4n) is 4.41. The van der Waals surface area contributed by atoms with Crippen LogP contribution in [0.2, 0.25) is 0 Å². The lowest BCUT2D eigenvalue weighted by Gasteiger charge is -2.36. The summed E-state index contributed by atoms with van der Waals surface area (Å²) < 4.78 is 7.09. The fourth-order valence-corrected chi connectivity index (χ4v) is 4.41. The number of nitrogens with zero attached hydrogens (tertiary/aromatic N) is 3. The minimum atomic E-state index is -0.453. The van der Waals surface area contributed by atoms with E-state index in [-0.39, 0.29) is 17.7 Å². The fraction of sp³-hybridized carbons (Fsp3) is 0.520. The lowest BCUT2D eigenvalue weighted by atomic mass is 9.75. The SMILES string of the molecule is Cc1c(C)c(O)n(C)c(=O)c1N=Nc1ccccc1C(=O)OC1CCC(C)CC1C(C)C. The molecule has 0 spiro atoms. The summed E-state index contributed by atoms with van der Waals surface area (Å²) in [6.45, 7) is 10.0. The molecule has 1 aromatic carbocycles. The molecule has 1 heterocycles. The van der Waals surface area contributed by atoms with E-state index >= 15 is 0 Å². The molecule has 0 saturated heterocycles. The van der Waals surface area contributed by atoms with E-state index in [2.05, 4.69) is 31.0 Å². The number of carbonyl (C=O) groups is 1. The Morgan fingerprint density at radius 2 is 1.84 bits per heavy atom. The van der Waals surface area contributed by atoms with Gasteiger partial charge in [0.15, 0.2) is 11.6 Å². The molecular formula is C25H33N3O4. The number of ether oxygens (including phenoxy) is 1. The molecule has 0 radical (unpaired) electrons. The summed E-state index contributed by atoms with van der Waals surface area (Å²) in [5.74, 6) is 0.885. The van der Waals surface area contributed by atoms with Gasteiger partial charge >= 0.3 is 5.97 Å². The maximum atomic E-state index is 13.1. The molecule has 1 fully saturated rings. The summed E-state index contributed by atoms with van der Waals surface area (Å²) in [7, 11) is 1.48. The van der Waals surface area contributed by atoms with Crippen LogP contribution in [0.4, 0.5) is 11.4 Å². The Bertz CT molecular complexity index is 1090. The van der Waals surface area contributed by atoms with Gasteiger partial charge in [-0.05, 0) is 68.6 Å². The van der Waals surface area contributed by atoms with Crippen molar-refractivity contribution >= 4 is 17.3 Å². The van der Waals surface area contributed by atoms with Crippen molar-refractivity contribution in [2.75, 3.05) is 0 Å². The highest BCUT2D eigenvalue weighted by Crippen LogP contribution is 2.36. The van der Waals surface area contributed by atoms with Gasteiger partial charge in [0.2, 0.25) is 0 Å². The highest BCUT2D eigenvalue weighted by atomic mass is 16.5. The maximum Gasteiger partial charge on any atom is 0.340 e. The summed E-state index contributed by atoms with van der Waals surface area (Å²) in [6, 6.07) is 6.86. The van der Waals surface area contributed by atoms with Crippen LogP contribution in [-0.2, 0) is 11.8 Å². The molecule has 1 saturated carbocycles. The van der Waals surface area contributed by atoms with Crippen molar-refractivity contribution in [3.8, 4) is 5.88 Å². The van der Waals surface area contributed by atoms with Gasteiger partial charge in [0.1, 0.15) is 11.8 Å². The van der Waals surface area contributed by atoms with Crippen LogP contribution in [0.3, 0.4) is 0 Å². The van der Waals surface area contributed by atoms with Crippen molar-refractivity contribution in [2.24, 2.45) is 35.0 Å². The second-order valence-electron chi connectivity index (χ2n) is 9.27. The van der Waals surface area contributed by atoms with Crippen LogP contribution in [0.1, 0.15) is 61.5 Å². The number of hydrogen-bond acceptors (Lipinski definition) is 6. The van der Waals surface area contributed by atoms with Gasteiger partial charge < -0.3 is 9.84 Å². The first-order valence-electron chi connectivity index (χ1n) is 11.2. The van der Waals surface area contributed by atoms with Gasteiger partial charge in [0, 0.05) is 12.6 Å². The van der Waals surface area contributed by atoms with Gasteiger partial charge in [-0.25, -0.2) is 4.79 Å². The van der Waals surface area contributed by atoms with Crippen molar-refractivity contribution in [3.05, 3.63) is 51.3 Å². The van der Waals surface area contributed by atoms with E-state index in [9.17, 15) is 14.7 Å². The predicted octanol–water partition coefficient (Wildman–Crippen LogP) is 5.74. The Morgan fingerprint density at radius 1 is 1.16 bits per heavy atom. The van der Waals surface area contributed by atoms with Crippen LogP contribution in [0, 0.1) is 31.6 Å². The summed E-state index contributed by atoms with van der Waals surface area (Å²) in [5.41, 5.74) is 1.44. The smallest absolute Gasteiger partial charge is 0.340 e. The highest BCUT2D eigenvalue weighted by molar-refractivity contribution is 5.94. The molecule has 0 aliphatic heterocycles. The summed E-state index contributed by atoms with van der Waals surface area (Å²) in [4.78, 5) is 25.6. The third-order valence-electron chi connectivity index (χ3n) is 6.67. The topological polar surface area (TPSA) is 93.3 Å². The molecule has 0 bridgehead atoms. The number of aromatic hydroxyl groups is 1. The molecule has 32 heavy (non-hydrogen) atoms. The highest BCUT2D eigenvalue weighted by Gasteiger charge is 2.34. The minimum absolute atomic E-state index is 0.100. The van der Waals surface area contributed by atoms with Crippen molar-refractivity contribution < 1.29 is 14.6 Å². The largest absolute Gasteiger partial charge is 0.494 e. The minimum Gasteiger partial charge on any atom is -0.494 e. The molecule has 3 atom stereocenters. The quantitative estimate of drug-likeness (QED) is 0.475. The van der Waals surface area contributed by atoms with E-state index in [0.29, 0.717) is 40.1 Å². The maximum absolute atomic E-state index is 13.1. The molecule has 0 amide bonds. The summed E-state index contributed by atoms with van der Waals surface area (Å²) in [6.07, 6.45) is 2.85. The Hall–Kier alpha value is -2.96. The van der Waals surface area contributed by atoms with Gasteiger partial charge in [0.05, 0.1) is 5.56 Å². The number of hydrogen-bond donors (Lipinski definition) is 1. The number of pyridine rings is 1. The van der Waals surface area contributed by atoms with Crippen molar-refractivity contribution in [1.82, 2.24) is 4.57 Å². The standard InChI is InChI=1S/C25H33N3O4/c1-14(2)19-13-15(3)11-12-21(19)32-25(31)18-9-7-8-10-20(18)26-27-22-16(4)17(5)23(29)28(6)24(22)30/h7-10,14-15,19,21,29H,11-13H2,1-6H3. The van der Waals surface area contributed by atoms with Gasteiger partial charge in [-0.15, -0.1) is 10.2 Å². The average molecular weight is 440 g/mol. The molecule has 1 aliphatic rings. The number of esters is 1. The first-order chi connectivity index (χ1) is 15.1.